The fourth-order valence-electron chi connectivity index (χ4n) is 2.59. The van der Waals surface area contributed by atoms with Gasteiger partial charge < -0.3 is 5.32 Å². The molecule has 9 heteroatoms. The Morgan fingerprint density at radius 1 is 1.32 bits per heavy atom. The van der Waals surface area contributed by atoms with Gasteiger partial charge in [-0.2, -0.15) is 4.31 Å². The SMILES string of the molecule is CNCC1CCCN(S(=O)(=O)c2ccc(S(C)(=O)=O)nc2)C1. The average Bonchev–Trinajstić information content (AvgIpc) is 2.47. The molecule has 0 saturated carbocycles. The fourth-order valence-corrected chi connectivity index (χ4v) is 4.65. The Labute approximate surface area is 131 Å². The van der Waals surface area contributed by atoms with E-state index in [-0.39, 0.29) is 15.8 Å². The molecule has 124 valence electrons. The van der Waals surface area contributed by atoms with Gasteiger partial charge in [0.05, 0.1) is 0 Å². The standard InChI is InChI=1S/C13H21N3O4S2/c1-14-8-11-4-3-7-16(10-11)22(19,20)12-5-6-13(15-9-12)21(2,17)18/h5-6,9,11,14H,3-4,7-8,10H2,1-2H3. The van der Waals surface area contributed by atoms with Gasteiger partial charge in [-0.3, -0.25) is 0 Å². The molecule has 0 radical (unpaired) electrons. The number of pyridine rings is 1. The van der Waals surface area contributed by atoms with E-state index >= 15 is 0 Å². The Bertz CT molecular complexity index is 712. The Morgan fingerprint density at radius 2 is 2.05 bits per heavy atom. The van der Waals surface area contributed by atoms with Gasteiger partial charge in [0.1, 0.15) is 4.90 Å². The van der Waals surface area contributed by atoms with E-state index in [2.05, 4.69) is 10.3 Å². The molecule has 1 aliphatic heterocycles. The van der Waals surface area contributed by atoms with E-state index in [1.54, 1.807) is 0 Å². The third-order valence-corrected chi connectivity index (χ3v) is 6.55. The van der Waals surface area contributed by atoms with Gasteiger partial charge in [-0.1, -0.05) is 0 Å². The van der Waals surface area contributed by atoms with Crippen LogP contribution in [0.25, 0.3) is 0 Å². The molecule has 0 bridgehead atoms. The second-order valence-corrected chi connectivity index (χ2v) is 9.43. The second kappa shape index (κ2) is 6.61. The average molecular weight is 347 g/mol. The summed E-state index contributed by atoms with van der Waals surface area (Å²) >= 11 is 0. The number of sulfonamides is 1. The van der Waals surface area contributed by atoms with E-state index in [1.165, 1.54) is 16.4 Å². The highest BCUT2D eigenvalue weighted by atomic mass is 32.2. The Hall–Kier alpha value is -1.03. The first-order valence-electron chi connectivity index (χ1n) is 7.06. The summed E-state index contributed by atoms with van der Waals surface area (Å²) in [6.45, 7) is 1.73. The minimum atomic E-state index is -3.63. The van der Waals surface area contributed by atoms with Crippen LogP contribution in [0.1, 0.15) is 12.8 Å². The molecule has 1 aliphatic rings. The van der Waals surface area contributed by atoms with Crippen molar-refractivity contribution in [1.82, 2.24) is 14.6 Å². The quantitative estimate of drug-likeness (QED) is 0.812. The summed E-state index contributed by atoms with van der Waals surface area (Å²) in [5.41, 5.74) is 0. The molecule has 7 nitrogen and oxygen atoms in total. The zero-order valence-electron chi connectivity index (χ0n) is 12.7. The summed E-state index contributed by atoms with van der Waals surface area (Å²) in [5, 5.41) is 2.95. The molecule has 2 rings (SSSR count). The van der Waals surface area contributed by atoms with E-state index < -0.39 is 19.9 Å². The predicted molar refractivity (Wildman–Crippen MR) is 82.8 cm³/mol. The number of sulfone groups is 1. The molecule has 1 atom stereocenters. The molecule has 22 heavy (non-hydrogen) atoms. The third-order valence-electron chi connectivity index (χ3n) is 3.70. The van der Waals surface area contributed by atoms with Gasteiger partial charge in [0.15, 0.2) is 14.9 Å². The minimum absolute atomic E-state index is 0.0324. The van der Waals surface area contributed by atoms with E-state index in [4.69, 9.17) is 0 Å². The van der Waals surface area contributed by atoms with Crippen LogP contribution in [-0.2, 0) is 19.9 Å². The van der Waals surface area contributed by atoms with Gasteiger partial charge in [-0.25, -0.2) is 21.8 Å². The summed E-state index contributed by atoms with van der Waals surface area (Å²) in [5.74, 6) is 0.289. The molecule has 1 aromatic heterocycles. The lowest BCUT2D eigenvalue weighted by Gasteiger charge is -2.31. The first kappa shape index (κ1) is 17.3. The zero-order chi connectivity index (χ0) is 16.4. The van der Waals surface area contributed by atoms with Gasteiger partial charge in [0, 0.05) is 25.5 Å². The van der Waals surface area contributed by atoms with Crippen LogP contribution in [0.5, 0.6) is 0 Å². The molecule has 1 unspecified atom stereocenters. The maximum atomic E-state index is 12.6. The second-order valence-electron chi connectivity index (χ2n) is 5.53. The summed E-state index contributed by atoms with van der Waals surface area (Å²) in [6.07, 6.45) is 3.97. The zero-order valence-corrected chi connectivity index (χ0v) is 14.3. The molecule has 2 heterocycles. The van der Waals surface area contributed by atoms with Crippen LogP contribution < -0.4 is 5.32 Å². The maximum absolute atomic E-state index is 12.6. The van der Waals surface area contributed by atoms with Crippen LogP contribution in [0.15, 0.2) is 28.3 Å². The number of hydrogen-bond donors (Lipinski definition) is 1. The monoisotopic (exact) mass is 347 g/mol. The lowest BCUT2D eigenvalue weighted by Crippen LogP contribution is -2.42. The molecule has 1 saturated heterocycles. The van der Waals surface area contributed by atoms with Gasteiger partial charge >= 0.3 is 0 Å². The van der Waals surface area contributed by atoms with Crippen LogP contribution in [0, 0.1) is 5.92 Å². The smallest absolute Gasteiger partial charge is 0.244 e. The van der Waals surface area contributed by atoms with Crippen LogP contribution in [0.2, 0.25) is 0 Å². The maximum Gasteiger partial charge on any atom is 0.244 e. The summed E-state index contributed by atoms with van der Waals surface area (Å²) in [6, 6.07) is 2.54. The van der Waals surface area contributed by atoms with Crippen molar-refractivity contribution >= 4 is 19.9 Å². The Morgan fingerprint density at radius 3 is 2.59 bits per heavy atom. The first-order chi connectivity index (χ1) is 10.2. The van der Waals surface area contributed by atoms with E-state index in [0.29, 0.717) is 13.1 Å². The van der Waals surface area contributed by atoms with E-state index in [9.17, 15) is 16.8 Å². The lowest BCUT2D eigenvalue weighted by molar-refractivity contribution is 0.263. The summed E-state index contributed by atoms with van der Waals surface area (Å²) in [4.78, 5) is 3.79. The van der Waals surface area contributed by atoms with Gasteiger partial charge in [-0.05, 0) is 44.5 Å². The van der Waals surface area contributed by atoms with Crippen molar-refractivity contribution in [3.63, 3.8) is 0 Å². The lowest BCUT2D eigenvalue weighted by atomic mass is 10.00. The normalized spacial score (nSPS) is 20.9. The predicted octanol–water partition coefficient (Wildman–Crippen LogP) is 0.105. The summed E-state index contributed by atoms with van der Waals surface area (Å²) < 4.78 is 49.4. The number of rotatable bonds is 5. The Balaban J connectivity index is 2.23. The molecule has 0 amide bonds. The number of nitrogens with one attached hydrogen (secondary N) is 1. The van der Waals surface area contributed by atoms with Gasteiger partial charge in [-0.15, -0.1) is 0 Å². The Kier molecular flexibility index (Phi) is 5.21. The van der Waals surface area contributed by atoms with Crippen molar-refractivity contribution in [3.05, 3.63) is 18.3 Å². The number of hydrogen-bond acceptors (Lipinski definition) is 6. The molecule has 1 N–H and O–H groups in total. The largest absolute Gasteiger partial charge is 0.319 e. The molecule has 0 aliphatic carbocycles. The van der Waals surface area contributed by atoms with Crippen LogP contribution >= 0.6 is 0 Å². The van der Waals surface area contributed by atoms with Crippen molar-refractivity contribution in [2.24, 2.45) is 5.92 Å². The molecule has 0 aromatic carbocycles. The summed E-state index contributed by atoms with van der Waals surface area (Å²) in [7, 11) is -5.21. The van der Waals surface area contributed by atoms with Crippen LogP contribution in [0.3, 0.4) is 0 Å². The highest BCUT2D eigenvalue weighted by Gasteiger charge is 2.30. The first-order valence-corrected chi connectivity index (χ1v) is 10.4. The van der Waals surface area contributed by atoms with Gasteiger partial charge in [0.2, 0.25) is 10.0 Å². The highest BCUT2D eigenvalue weighted by Crippen LogP contribution is 2.23. The number of piperidine rings is 1. The van der Waals surface area contributed by atoms with E-state index in [0.717, 1.165) is 31.8 Å². The molecule has 1 fully saturated rings. The van der Waals surface area contributed by atoms with E-state index in [1.807, 2.05) is 7.05 Å². The van der Waals surface area contributed by atoms with Crippen molar-refractivity contribution in [3.8, 4) is 0 Å². The molecule has 1 aromatic rings. The highest BCUT2D eigenvalue weighted by molar-refractivity contribution is 7.90. The molecular formula is C13H21N3O4S2. The topological polar surface area (TPSA) is 96.4 Å². The fraction of sp³-hybridized carbons (Fsp3) is 0.615. The van der Waals surface area contributed by atoms with Gasteiger partial charge in [0.25, 0.3) is 0 Å². The van der Waals surface area contributed by atoms with Crippen molar-refractivity contribution < 1.29 is 16.8 Å². The van der Waals surface area contributed by atoms with Crippen molar-refractivity contribution in [2.75, 3.05) is 32.9 Å². The molecular weight excluding hydrogens is 326 g/mol. The number of aromatic nitrogens is 1. The van der Waals surface area contributed by atoms with Crippen LogP contribution in [0.4, 0.5) is 0 Å². The minimum Gasteiger partial charge on any atom is -0.319 e. The van der Waals surface area contributed by atoms with Crippen LogP contribution in [-0.4, -0.2) is 59.1 Å². The van der Waals surface area contributed by atoms with Crippen molar-refractivity contribution in [2.45, 2.75) is 22.8 Å². The third kappa shape index (κ3) is 3.83. The molecule has 0 spiro atoms. The number of nitrogens with zero attached hydrogens (tertiary/aromatic N) is 2. The van der Waals surface area contributed by atoms with Crippen molar-refractivity contribution in [1.29, 1.82) is 0 Å².